The van der Waals surface area contributed by atoms with Crippen LogP contribution in [0.1, 0.15) is 36.2 Å². The van der Waals surface area contributed by atoms with Crippen molar-refractivity contribution in [3.63, 3.8) is 0 Å². The van der Waals surface area contributed by atoms with Gasteiger partial charge >= 0.3 is 5.97 Å². The monoisotopic (exact) mass is 341 g/mol. The molecule has 25 heavy (non-hydrogen) atoms. The lowest BCUT2D eigenvalue weighted by Gasteiger charge is -2.18. The highest BCUT2D eigenvalue weighted by Gasteiger charge is 2.21. The van der Waals surface area contributed by atoms with Crippen LogP contribution < -0.4 is 10.1 Å². The second-order valence-electron chi connectivity index (χ2n) is 5.58. The third-order valence-corrected chi connectivity index (χ3v) is 3.64. The molecule has 5 heteroatoms. The summed E-state index contributed by atoms with van der Waals surface area (Å²) in [5.41, 5.74) is 1.85. The summed E-state index contributed by atoms with van der Waals surface area (Å²) in [6.45, 7) is 5.87. The molecule has 0 aromatic heterocycles. The van der Waals surface area contributed by atoms with Crippen molar-refractivity contribution in [1.29, 1.82) is 0 Å². The Morgan fingerprint density at radius 3 is 2.36 bits per heavy atom. The van der Waals surface area contributed by atoms with Crippen LogP contribution in [0.3, 0.4) is 0 Å². The summed E-state index contributed by atoms with van der Waals surface area (Å²) in [6.07, 6.45) is -0.153. The van der Waals surface area contributed by atoms with Crippen LogP contribution in [0.5, 0.6) is 5.75 Å². The number of amides is 1. The molecule has 2 aromatic carbocycles. The van der Waals surface area contributed by atoms with Crippen LogP contribution in [0.15, 0.2) is 48.5 Å². The third-order valence-electron chi connectivity index (χ3n) is 3.64. The molecule has 0 saturated heterocycles. The average molecular weight is 341 g/mol. The fourth-order valence-electron chi connectivity index (χ4n) is 2.30. The summed E-state index contributed by atoms with van der Waals surface area (Å²) >= 11 is 0. The first kappa shape index (κ1) is 18.5. The van der Waals surface area contributed by atoms with Gasteiger partial charge in [-0.3, -0.25) is 4.79 Å². The number of anilines is 1. The predicted octanol–water partition coefficient (Wildman–Crippen LogP) is 3.97. The summed E-state index contributed by atoms with van der Waals surface area (Å²) in [5.74, 6) is -0.142. The van der Waals surface area contributed by atoms with Crippen LogP contribution in [-0.2, 0) is 9.53 Å². The molecule has 0 aliphatic rings. The molecule has 1 atom stereocenters. The number of rotatable bonds is 7. The van der Waals surface area contributed by atoms with Crippen molar-refractivity contribution in [2.45, 2.75) is 33.3 Å². The van der Waals surface area contributed by atoms with Gasteiger partial charge < -0.3 is 14.8 Å². The van der Waals surface area contributed by atoms with Crippen LogP contribution in [0.2, 0.25) is 0 Å². The van der Waals surface area contributed by atoms with E-state index in [2.05, 4.69) is 5.32 Å². The van der Waals surface area contributed by atoms with Crippen molar-refractivity contribution < 1.29 is 19.1 Å². The molecule has 0 radical (unpaired) electrons. The molecule has 0 bridgehead atoms. The molecule has 1 N–H and O–H groups in total. The van der Waals surface area contributed by atoms with Gasteiger partial charge in [-0.2, -0.15) is 0 Å². The molecule has 5 nitrogen and oxygen atoms in total. The molecule has 2 rings (SSSR count). The van der Waals surface area contributed by atoms with Gasteiger partial charge in [-0.1, -0.05) is 36.8 Å². The van der Waals surface area contributed by atoms with Crippen molar-refractivity contribution in [2.75, 3.05) is 11.9 Å². The van der Waals surface area contributed by atoms with E-state index in [1.165, 1.54) is 0 Å². The van der Waals surface area contributed by atoms with Gasteiger partial charge in [0, 0.05) is 0 Å². The quantitative estimate of drug-likeness (QED) is 0.774. The van der Waals surface area contributed by atoms with Gasteiger partial charge in [0.1, 0.15) is 5.75 Å². The largest absolute Gasteiger partial charge is 0.481 e. The number of nitrogens with one attached hydrogen (secondary N) is 1. The number of carbonyl (C=O) groups is 2. The van der Waals surface area contributed by atoms with Gasteiger partial charge in [0.15, 0.2) is 6.10 Å². The van der Waals surface area contributed by atoms with Crippen molar-refractivity contribution in [3.8, 4) is 5.75 Å². The highest BCUT2D eigenvalue weighted by molar-refractivity contribution is 6.02. The standard InChI is InChI=1S/C20H23NO4/c1-4-18(25-15-12-10-14(3)11-13-15)19(22)21-17-9-7-6-8-16(17)20(23)24-5-2/h6-13,18H,4-5H2,1-3H3,(H,21,22)/t18-/m1/s1. The number of hydrogen-bond acceptors (Lipinski definition) is 4. The van der Waals surface area contributed by atoms with Crippen LogP contribution in [0, 0.1) is 6.92 Å². The Bertz CT molecular complexity index is 725. The van der Waals surface area contributed by atoms with Crippen LogP contribution in [-0.4, -0.2) is 24.6 Å². The molecule has 1 amide bonds. The molecule has 0 heterocycles. The Labute approximate surface area is 148 Å². The topological polar surface area (TPSA) is 64.6 Å². The van der Waals surface area contributed by atoms with E-state index in [0.29, 0.717) is 23.4 Å². The number of aryl methyl sites for hydroxylation is 1. The van der Waals surface area contributed by atoms with Gasteiger partial charge in [-0.05, 0) is 44.5 Å². The maximum absolute atomic E-state index is 12.6. The number of benzene rings is 2. The molecule has 132 valence electrons. The number of carbonyl (C=O) groups excluding carboxylic acids is 2. The summed E-state index contributed by atoms with van der Waals surface area (Å²) in [7, 11) is 0. The van der Waals surface area contributed by atoms with Crippen molar-refractivity contribution in [3.05, 3.63) is 59.7 Å². The zero-order valence-corrected chi connectivity index (χ0v) is 14.7. The fraction of sp³-hybridized carbons (Fsp3) is 0.300. The minimum absolute atomic E-state index is 0.273. The summed E-state index contributed by atoms with van der Waals surface area (Å²) in [4.78, 5) is 24.6. The SMILES string of the molecule is CCOC(=O)c1ccccc1NC(=O)[C@@H](CC)Oc1ccc(C)cc1. The normalized spacial score (nSPS) is 11.5. The van der Waals surface area contributed by atoms with E-state index in [1.54, 1.807) is 31.2 Å². The third kappa shape index (κ3) is 5.08. The average Bonchev–Trinajstić information content (AvgIpc) is 2.61. The van der Waals surface area contributed by atoms with Gasteiger partial charge in [-0.25, -0.2) is 4.79 Å². The highest BCUT2D eigenvalue weighted by atomic mass is 16.5. The van der Waals surface area contributed by atoms with Crippen molar-refractivity contribution in [2.24, 2.45) is 0 Å². The lowest BCUT2D eigenvalue weighted by molar-refractivity contribution is -0.122. The zero-order valence-electron chi connectivity index (χ0n) is 14.7. The summed E-state index contributed by atoms with van der Waals surface area (Å²) in [6, 6.07) is 14.3. The Morgan fingerprint density at radius 1 is 1.04 bits per heavy atom. The smallest absolute Gasteiger partial charge is 0.340 e. The Kier molecular flexibility index (Phi) is 6.57. The zero-order chi connectivity index (χ0) is 18.2. The van der Waals surface area contributed by atoms with Gasteiger partial charge in [0.2, 0.25) is 0 Å². The second kappa shape index (κ2) is 8.87. The van der Waals surface area contributed by atoms with Gasteiger partial charge in [0.25, 0.3) is 5.91 Å². The highest BCUT2D eigenvalue weighted by Crippen LogP contribution is 2.19. The minimum Gasteiger partial charge on any atom is -0.481 e. The number of para-hydroxylation sites is 1. The van der Waals surface area contributed by atoms with Crippen LogP contribution >= 0.6 is 0 Å². The molecule has 2 aromatic rings. The second-order valence-corrected chi connectivity index (χ2v) is 5.58. The molecule has 0 aliphatic carbocycles. The number of esters is 1. The van der Waals surface area contributed by atoms with E-state index < -0.39 is 12.1 Å². The van der Waals surface area contributed by atoms with Crippen LogP contribution in [0.4, 0.5) is 5.69 Å². The summed E-state index contributed by atoms with van der Waals surface area (Å²) < 4.78 is 10.8. The number of hydrogen-bond donors (Lipinski definition) is 1. The van der Waals surface area contributed by atoms with E-state index >= 15 is 0 Å². The van der Waals surface area contributed by atoms with E-state index in [-0.39, 0.29) is 12.5 Å². The first-order valence-electron chi connectivity index (χ1n) is 8.35. The van der Waals surface area contributed by atoms with Crippen LogP contribution in [0.25, 0.3) is 0 Å². The molecule has 0 aliphatic heterocycles. The van der Waals surface area contributed by atoms with Crippen molar-refractivity contribution >= 4 is 17.6 Å². The maximum atomic E-state index is 12.6. The first-order chi connectivity index (χ1) is 12.0. The van der Waals surface area contributed by atoms with E-state index in [0.717, 1.165) is 5.56 Å². The number of ether oxygens (including phenoxy) is 2. The minimum atomic E-state index is -0.655. The molecule has 0 spiro atoms. The van der Waals surface area contributed by atoms with E-state index in [1.807, 2.05) is 38.1 Å². The fourth-order valence-corrected chi connectivity index (χ4v) is 2.30. The van der Waals surface area contributed by atoms with Crippen molar-refractivity contribution in [1.82, 2.24) is 0 Å². The Hall–Kier alpha value is -2.82. The first-order valence-corrected chi connectivity index (χ1v) is 8.35. The molecular formula is C20H23NO4. The molecule has 0 fully saturated rings. The lowest BCUT2D eigenvalue weighted by atomic mass is 10.1. The lowest BCUT2D eigenvalue weighted by Crippen LogP contribution is -2.33. The van der Waals surface area contributed by atoms with Gasteiger partial charge in [0.05, 0.1) is 17.9 Å². The van der Waals surface area contributed by atoms with E-state index in [9.17, 15) is 9.59 Å². The predicted molar refractivity (Wildman–Crippen MR) is 96.9 cm³/mol. The van der Waals surface area contributed by atoms with Gasteiger partial charge in [-0.15, -0.1) is 0 Å². The maximum Gasteiger partial charge on any atom is 0.340 e. The molecular weight excluding hydrogens is 318 g/mol. The van der Waals surface area contributed by atoms with E-state index in [4.69, 9.17) is 9.47 Å². The Balaban J connectivity index is 2.11. The molecule has 0 saturated carbocycles. The molecule has 0 unspecified atom stereocenters. The summed E-state index contributed by atoms with van der Waals surface area (Å²) in [5, 5.41) is 2.77. The Morgan fingerprint density at radius 2 is 1.72 bits per heavy atom.